The summed E-state index contributed by atoms with van der Waals surface area (Å²) in [6.45, 7) is 0.0712. The monoisotopic (exact) mass is 484 g/mol. The predicted octanol–water partition coefficient (Wildman–Crippen LogP) is 2.48. The molecule has 4 aliphatic rings. The molecule has 35 heavy (non-hydrogen) atoms. The third-order valence-electron chi connectivity index (χ3n) is 8.23. The van der Waals surface area contributed by atoms with Crippen molar-refractivity contribution >= 4 is 5.97 Å². The van der Waals surface area contributed by atoms with Crippen molar-refractivity contribution in [3.63, 3.8) is 0 Å². The third kappa shape index (κ3) is 2.85. The molecule has 2 heterocycles. The van der Waals surface area contributed by atoms with Crippen molar-refractivity contribution in [1.29, 1.82) is 0 Å². The van der Waals surface area contributed by atoms with E-state index >= 15 is 0 Å². The van der Waals surface area contributed by atoms with E-state index in [1.165, 1.54) is 21.3 Å². The second-order valence-corrected chi connectivity index (χ2v) is 9.64. The van der Waals surface area contributed by atoms with Gasteiger partial charge in [0.2, 0.25) is 12.5 Å². The first-order valence-corrected chi connectivity index (χ1v) is 11.7. The van der Waals surface area contributed by atoms with Crippen LogP contribution in [0.3, 0.4) is 0 Å². The number of hydrogen-bond donors (Lipinski definition) is 2. The molecule has 9 heteroatoms. The number of benzene rings is 2. The van der Waals surface area contributed by atoms with Crippen molar-refractivity contribution < 1.29 is 43.4 Å². The van der Waals surface area contributed by atoms with E-state index in [1.54, 1.807) is 12.1 Å². The zero-order valence-electron chi connectivity index (χ0n) is 19.8. The number of rotatable bonds is 5. The highest BCUT2D eigenvalue weighted by Crippen LogP contribution is 2.63. The first kappa shape index (κ1) is 22.3. The predicted molar refractivity (Wildman–Crippen MR) is 121 cm³/mol. The molecule has 1 saturated carbocycles. The number of methoxy groups -OCH3 is 3. The fraction of sp³-hybridized carbons (Fsp3) is 0.500. The molecule has 2 aromatic carbocycles. The van der Waals surface area contributed by atoms with Crippen molar-refractivity contribution in [1.82, 2.24) is 0 Å². The number of cyclic esters (lactones) is 1. The number of aliphatic hydroxyl groups is 2. The van der Waals surface area contributed by atoms with E-state index in [0.29, 0.717) is 52.7 Å². The number of carbonyl (C=O) groups is 1. The van der Waals surface area contributed by atoms with Crippen LogP contribution >= 0.6 is 0 Å². The Kier molecular flexibility index (Phi) is 4.88. The maximum atomic E-state index is 13.2. The molecule has 0 radical (unpaired) electrons. The van der Waals surface area contributed by atoms with E-state index in [0.717, 1.165) is 12.0 Å². The van der Waals surface area contributed by atoms with Gasteiger partial charge in [0, 0.05) is 11.8 Å². The number of hydrogen-bond acceptors (Lipinski definition) is 9. The molecule has 2 aromatic rings. The SMILES string of the molecule is COc1cc([C@@H]2c3cc4c(cc3[C@@](O)(C3(O)CCC3)[C@H]3COC(=O)[C@H]23)OCO4)cc(OC)c1OC. The highest BCUT2D eigenvalue weighted by atomic mass is 16.7. The fourth-order valence-electron chi connectivity index (χ4n) is 6.38. The molecule has 1 saturated heterocycles. The molecule has 0 bridgehead atoms. The average Bonchev–Trinajstić information content (AvgIpc) is 3.47. The molecule has 0 aromatic heterocycles. The quantitative estimate of drug-likeness (QED) is 0.618. The summed E-state index contributed by atoms with van der Waals surface area (Å²) >= 11 is 0. The first-order valence-electron chi connectivity index (χ1n) is 11.7. The van der Waals surface area contributed by atoms with Crippen LogP contribution in [0.5, 0.6) is 28.7 Å². The lowest BCUT2D eigenvalue weighted by atomic mass is 9.52. The molecule has 0 amide bonds. The Morgan fingerprint density at radius 3 is 2.14 bits per heavy atom. The molecular weight excluding hydrogens is 456 g/mol. The molecule has 9 nitrogen and oxygen atoms in total. The lowest BCUT2D eigenvalue weighted by molar-refractivity contribution is -0.233. The van der Waals surface area contributed by atoms with Crippen LogP contribution < -0.4 is 23.7 Å². The normalized spacial score (nSPS) is 29.5. The van der Waals surface area contributed by atoms with E-state index in [1.807, 2.05) is 12.1 Å². The minimum atomic E-state index is -1.68. The molecule has 2 aliphatic heterocycles. The average molecular weight is 485 g/mol. The van der Waals surface area contributed by atoms with Gasteiger partial charge in [-0.25, -0.2) is 0 Å². The molecular formula is C26H28O9. The van der Waals surface area contributed by atoms with Gasteiger partial charge in [-0.2, -0.15) is 0 Å². The summed E-state index contributed by atoms with van der Waals surface area (Å²) in [6, 6.07) is 7.18. The summed E-state index contributed by atoms with van der Waals surface area (Å²) in [5.41, 5.74) is -1.12. The topological polar surface area (TPSA) is 113 Å². The van der Waals surface area contributed by atoms with E-state index in [-0.39, 0.29) is 13.4 Å². The minimum Gasteiger partial charge on any atom is -0.493 e. The molecule has 186 valence electrons. The zero-order chi connectivity index (χ0) is 24.5. The molecule has 0 unspecified atom stereocenters. The first-order chi connectivity index (χ1) is 16.9. The number of esters is 1. The lowest BCUT2D eigenvalue weighted by Crippen LogP contribution is -2.63. The summed E-state index contributed by atoms with van der Waals surface area (Å²) in [7, 11) is 4.59. The van der Waals surface area contributed by atoms with Gasteiger partial charge in [0.05, 0.1) is 39.5 Å². The van der Waals surface area contributed by atoms with E-state index in [9.17, 15) is 15.0 Å². The Labute approximate surface area is 202 Å². The molecule has 4 atom stereocenters. The van der Waals surface area contributed by atoms with Crippen LogP contribution in [0, 0.1) is 11.8 Å². The largest absolute Gasteiger partial charge is 0.493 e. The Balaban J connectivity index is 1.63. The Morgan fingerprint density at radius 1 is 0.914 bits per heavy atom. The molecule has 6 rings (SSSR count). The maximum Gasteiger partial charge on any atom is 0.310 e. The van der Waals surface area contributed by atoms with Crippen molar-refractivity contribution in [2.75, 3.05) is 34.7 Å². The number of carbonyl (C=O) groups excluding carboxylic acids is 1. The summed E-state index contributed by atoms with van der Waals surface area (Å²) in [5.74, 6) is 0.0295. The molecule has 2 aliphatic carbocycles. The van der Waals surface area contributed by atoms with Crippen LogP contribution in [-0.4, -0.2) is 56.5 Å². The van der Waals surface area contributed by atoms with Crippen molar-refractivity contribution in [3.05, 3.63) is 41.0 Å². The van der Waals surface area contributed by atoms with Gasteiger partial charge in [0.1, 0.15) is 5.60 Å². The Bertz CT molecular complexity index is 1180. The summed E-state index contributed by atoms with van der Waals surface area (Å²) in [5, 5.41) is 23.9. The Hall–Kier alpha value is -3.17. The van der Waals surface area contributed by atoms with Crippen LogP contribution in [0.2, 0.25) is 0 Å². The summed E-state index contributed by atoms with van der Waals surface area (Å²) in [4.78, 5) is 13.2. The standard InChI is InChI=1S/C26H28O9/c1-30-19-7-13(8-20(31-2)23(19)32-3)21-14-9-17-18(35-12-34-17)10-15(14)26(29,25(28)5-4-6-25)16-11-33-24(27)22(16)21/h7-10,16,21-22,28-29H,4-6,11-12H2,1-3H3/t16-,21+,22-,26-/m0/s1. The van der Waals surface area contributed by atoms with Gasteiger partial charge in [-0.3, -0.25) is 4.79 Å². The number of ether oxygens (including phenoxy) is 6. The lowest BCUT2D eigenvalue weighted by Gasteiger charge is -2.56. The number of fused-ring (bicyclic) bond motifs is 3. The van der Waals surface area contributed by atoms with Gasteiger partial charge in [-0.05, 0) is 60.2 Å². The summed E-state index contributed by atoms with van der Waals surface area (Å²) < 4.78 is 33.5. The second-order valence-electron chi connectivity index (χ2n) is 9.64. The highest BCUT2D eigenvalue weighted by Gasteiger charge is 2.67. The maximum absolute atomic E-state index is 13.2. The van der Waals surface area contributed by atoms with Crippen LogP contribution in [0.15, 0.2) is 24.3 Å². The van der Waals surface area contributed by atoms with Gasteiger partial charge in [-0.15, -0.1) is 0 Å². The van der Waals surface area contributed by atoms with Gasteiger partial charge in [-0.1, -0.05) is 0 Å². The molecule has 0 spiro atoms. The van der Waals surface area contributed by atoms with Crippen molar-refractivity contribution in [2.45, 2.75) is 36.4 Å². The van der Waals surface area contributed by atoms with Crippen LogP contribution in [0.4, 0.5) is 0 Å². The van der Waals surface area contributed by atoms with Gasteiger partial charge in [0.15, 0.2) is 23.0 Å². The Morgan fingerprint density at radius 2 is 1.57 bits per heavy atom. The van der Waals surface area contributed by atoms with E-state index < -0.39 is 34.9 Å². The van der Waals surface area contributed by atoms with E-state index in [4.69, 9.17) is 28.4 Å². The zero-order valence-corrected chi connectivity index (χ0v) is 19.8. The van der Waals surface area contributed by atoms with E-state index in [2.05, 4.69) is 0 Å². The summed E-state index contributed by atoms with van der Waals surface area (Å²) in [6.07, 6.45) is 1.66. The fourth-order valence-corrected chi connectivity index (χ4v) is 6.38. The van der Waals surface area contributed by atoms with Crippen molar-refractivity contribution in [3.8, 4) is 28.7 Å². The van der Waals surface area contributed by atoms with Gasteiger partial charge < -0.3 is 38.6 Å². The van der Waals surface area contributed by atoms with Crippen molar-refractivity contribution in [2.24, 2.45) is 11.8 Å². The third-order valence-corrected chi connectivity index (χ3v) is 8.23. The van der Waals surface area contributed by atoms with Gasteiger partial charge in [0.25, 0.3) is 0 Å². The van der Waals surface area contributed by atoms with Crippen LogP contribution in [0.1, 0.15) is 41.9 Å². The molecule has 2 fully saturated rings. The van der Waals surface area contributed by atoms with Gasteiger partial charge >= 0.3 is 5.97 Å². The second kappa shape index (κ2) is 7.66. The van der Waals surface area contributed by atoms with Crippen LogP contribution in [0.25, 0.3) is 0 Å². The smallest absolute Gasteiger partial charge is 0.310 e. The highest BCUT2D eigenvalue weighted by molar-refractivity contribution is 5.79. The minimum absolute atomic E-state index is 0.0110. The van der Waals surface area contributed by atoms with Crippen LogP contribution in [-0.2, 0) is 15.1 Å². The molecule has 2 N–H and O–H groups in total.